The molecule has 3 aromatic heterocycles. The number of nitrogens with one attached hydrogen (secondary N) is 1. The normalized spacial score (nSPS) is 12.7. The van der Waals surface area contributed by atoms with E-state index in [1.807, 2.05) is 54.7 Å². The number of oxime groups is 1. The van der Waals surface area contributed by atoms with Crippen LogP contribution < -0.4 is 10.5 Å². The van der Waals surface area contributed by atoms with Crippen molar-refractivity contribution in [1.82, 2.24) is 9.97 Å². The summed E-state index contributed by atoms with van der Waals surface area (Å²) < 4.78 is 11.4. The molecule has 0 aliphatic carbocycles. The van der Waals surface area contributed by atoms with E-state index >= 15 is 0 Å². The highest BCUT2D eigenvalue weighted by molar-refractivity contribution is 5.99. The largest absolute Gasteiger partial charge is 0.490 e. The molecule has 0 aliphatic rings. The lowest BCUT2D eigenvalue weighted by atomic mass is 9.98. The minimum Gasteiger partial charge on any atom is -0.490 e. The molecule has 2 aromatic carbocycles. The molecule has 1 atom stereocenters. The highest BCUT2D eigenvalue weighted by atomic mass is 16.5. The Balaban J connectivity index is 1.39. The van der Waals surface area contributed by atoms with Gasteiger partial charge >= 0.3 is 0 Å². The van der Waals surface area contributed by atoms with Crippen molar-refractivity contribution >= 4 is 16.6 Å². The first kappa shape index (κ1) is 22.4. The van der Waals surface area contributed by atoms with Crippen LogP contribution in [0.2, 0.25) is 0 Å². The first-order valence-corrected chi connectivity index (χ1v) is 11.4. The summed E-state index contributed by atoms with van der Waals surface area (Å²) in [6.45, 7) is 2.10. The summed E-state index contributed by atoms with van der Waals surface area (Å²) in [4.78, 5) is 7.97. The van der Waals surface area contributed by atoms with Crippen LogP contribution in [0, 0.1) is 0 Å². The highest BCUT2D eigenvalue weighted by Crippen LogP contribution is 2.34. The Hall–Kier alpha value is -4.36. The number of para-hydroxylation sites is 1. The number of fused-ring (bicyclic) bond motifs is 1. The summed E-state index contributed by atoms with van der Waals surface area (Å²) in [5.41, 5.74) is 13.5. The number of H-pyrrole nitrogens is 1. The quantitative estimate of drug-likeness (QED) is 0.156. The molecule has 0 spiro atoms. The zero-order valence-electron chi connectivity index (χ0n) is 19.3. The first-order chi connectivity index (χ1) is 17.1. The fourth-order valence-electron chi connectivity index (χ4n) is 4.19. The Kier molecular flexibility index (Phi) is 6.32. The van der Waals surface area contributed by atoms with Gasteiger partial charge in [-0.1, -0.05) is 41.6 Å². The summed E-state index contributed by atoms with van der Waals surface area (Å²) in [7, 11) is 0. The summed E-state index contributed by atoms with van der Waals surface area (Å²) in [6, 6.07) is 19.6. The Morgan fingerprint density at radius 2 is 2.03 bits per heavy atom. The third-order valence-corrected chi connectivity index (χ3v) is 6.02. The second kappa shape index (κ2) is 9.87. The van der Waals surface area contributed by atoms with Gasteiger partial charge in [0.2, 0.25) is 0 Å². The van der Waals surface area contributed by atoms with E-state index in [9.17, 15) is 5.21 Å². The van der Waals surface area contributed by atoms with E-state index in [-0.39, 0.29) is 6.04 Å². The zero-order chi connectivity index (χ0) is 24.2. The standard InChI is InChI=1S/C28H26N4O3/c1-18(32-33)19-5-4-6-20(11-19)26-13-24(15-31-28(26)21-9-10-34-16-21)35-17-23(29)12-22-14-30-27-8-3-2-7-25(22)27/h2-11,13-16,23,30,33H,12,17,29H2,1H3/b32-18+/t23-/m0/s1. The Morgan fingerprint density at radius 1 is 1.14 bits per heavy atom. The Morgan fingerprint density at radius 3 is 2.86 bits per heavy atom. The molecule has 0 radical (unpaired) electrons. The molecule has 5 aromatic rings. The third kappa shape index (κ3) is 4.81. The van der Waals surface area contributed by atoms with E-state index in [1.54, 1.807) is 25.6 Å². The molecule has 5 rings (SSSR count). The number of pyridine rings is 1. The molecule has 0 saturated heterocycles. The number of rotatable bonds is 8. The predicted molar refractivity (Wildman–Crippen MR) is 137 cm³/mol. The smallest absolute Gasteiger partial charge is 0.138 e. The second-order valence-corrected chi connectivity index (χ2v) is 8.48. The average molecular weight is 467 g/mol. The lowest BCUT2D eigenvalue weighted by Gasteiger charge is -2.15. The summed E-state index contributed by atoms with van der Waals surface area (Å²) in [5, 5.41) is 13.7. The van der Waals surface area contributed by atoms with Crippen molar-refractivity contribution in [2.24, 2.45) is 10.9 Å². The van der Waals surface area contributed by atoms with Crippen LogP contribution in [-0.4, -0.2) is 33.5 Å². The SMILES string of the molecule is C/C(=N\O)c1cccc(-c2cc(OC[C@@H](N)Cc3c[nH]c4ccccc34)cnc2-c2ccoc2)c1. The van der Waals surface area contributed by atoms with Crippen molar-refractivity contribution in [3.8, 4) is 28.1 Å². The van der Waals surface area contributed by atoms with Crippen LogP contribution in [0.25, 0.3) is 33.3 Å². The van der Waals surface area contributed by atoms with Crippen LogP contribution in [0.1, 0.15) is 18.1 Å². The summed E-state index contributed by atoms with van der Waals surface area (Å²) in [6.07, 6.45) is 7.68. The van der Waals surface area contributed by atoms with Crippen molar-refractivity contribution in [2.45, 2.75) is 19.4 Å². The minimum atomic E-state index is -0.182. The van der Waals surface area contributed by atoms with E-state index in [1.165, 1.54) is 10.9 Å². The number of benzene rings is 2. The van der Waals surface area contributed by atoms with Gasteiger partial charge in [0.15, 0.2) is 0 Å². The van der Waals surface area contributed by atoms with Gasteiger partial charge in [-0.15, -0.1) is 0 Å². The van der Waals surface area contributed by atoms with E-state index in [0.717, 1.165) is 33.5 Å². The van der Waals surface area contributed by atoms with Crippen molar-refractivity contribution in [1.29, 1.82) is 0 Å². The molecule has 0 saturated carbocycles. The Bertz CT molecular complexity index is 1470. The van der Waals surface area contributed by atoms with E-state index in [0.29, 0.717) is 24.5 Å². The fourth-order valence-corrected chi connectivity index (χ4v) is 4.19. The molecule has 7 heteroatoms. The molecule has 0 aliphatic heterocycles. The number of hydrogen-bond donors (Lipinski definition) is 3. The second-order valence-electron chi connectivity index (χ2n) is 8.48. The monoisotopic (exact) mass is 466 g/mol. The van der Waals surface area contributed by atoms with Gasteiger partial charge in [0.25, 0.3) is 0 Å². The molecule has 4 N–H and O–H groups in total. The molecule has 35 heavy (non-hydrogen) atoms. The molecule has 7 nitrogen and oxygen atoms in total. The van der Waals surface area contributed by atoms with Gasteiger partial charge in [-0.2, -0.15) is 0 Å². The minimum absolute atomic E-state index is 0.182. The molecular formula is C28H26N4O3. The highest BCUT2D eigenvalue weighted by Gasteiger charge is 2.15. The topological polar surface area (TPSA) is 110 Å². The average Bonchev–Trinajstić information content (AvgIpc) is 3.58. The maximum atomic E-state index is 9.20. The Labute approximate surface area is 202 Å². The van der Waals surface area contributed by atoms with Crippen molar-refractivity contribution in [2.75, 3.05) is 6.61 Å². The number of aromatic nitrogens is 2. The number of hydrogen-bond acceptors (Lipinski definition) is 6. The lowest BCUT2D eigenvalue weighted by molar-refractivity contribution is 0.287. The number of furan rings is 1. The van der Waals surface area contributed by atoms with Gasteiger partial charge in [-0.3, -0.25) is 4.98 Å². The maximum absolute atomic E-state index is 9.20. The van der Waals surface area contributed by atoms with Gasteiger partial charge in [-0.05, 0) is 54.3 Å². The summed E-state index contributed by atoms with van der Waals surface area (Å²) >= 11 is 0. The van der Waals surface area contributed by atoms with Gasteiger partial charge < -0.3 is 25.1 Å². The molecule has 0 bridgehead atoms. The fraction of sp³-hybridized carbons (Fsp3) is 0.143. The number of ether oxygens (including phenoxy) is 1. The van der Waals surface area contributed by atoms with E-state index in [2.05, 4.69) is 27.3 Å². The first-order valence-electron chi connectivity index (χ1n) is 11.4. The maximum Gasteiger partial charge on any atom is 0.138 e. The molecule has 0 amide bonds. The van der Waals surface area contributed by atoms with Crippen LogP contribution in [0.15, 0.2) is 95.2 Å². The molecule has 0 fully saturated rings. The summed E-state index contributed by atoms with van der Waals surface area (Å²) in [5.74, 6) is 0.625. The predicted octanol–water partition coefficient (Wildman–Crippen LogP) is 5.64. The zero-order valence-corrected chi connectivity index (χ0v) is 19.3. The van der Waals surface area contributed by atoms with Gasteiger partial charge in [0, 0.05) is 34.3 Å². The van der Waals surface area contributed by atoms with Crippen LogP contribution in [0.5, 0.6) is 5.75 Å². The van der Waals surface area contributed by atoms with Crippen LogP contribution in [0.4, 0.5) is 0 Å². The number of aromatic amines is 1. The molecule has 0 unspecified atom stereocenters. The molecule has 176 valence electrons. The van der Waals surface area contributed by atoms with E-state index in [4.69, 9.17) is 14.9 Å². The third-order valence-electron chi connectivity index (χ3n) is 6.02. The molecular weight excluding hydrogens is 440 g/mol. The van der Waals surface area contributed by atoms with Crippen LogP contribution >= 0.6 is 0 Å². The molecule has 3 heterocycles. The van der Waals surface area contributed by atoms with Crippen LogP contribution in [0.3, 0.4) is 0 Å². The van der Waals surface area contributed by atoms with Crippen molar-refractivity contribution in [3.63, 3.8) is 0 Å². The van der Waals surface area contributed by atoms with Crippen molar-refractivity contribution in [3.05, 3.63) is 96.7 Å². The van der Waals surface area contributed by atoms with E-state index < -0.39 is 0 Å². The lowest BCUT2D eigenvalue weighted by Crippen LogP contribution is -2.30. The number of nitrogens with two attached hydrogens (primary N) is 1. The van der Waals surface area contributed by atoms with Crippen molar-refractivity contribution < 1.29 is 14.4 Å². The van der Waals surface area contributed by atoms with Gasteiger partial charge in [0.1, 0.15) is 12.4 Å². The number of nitrogens with zero attached hydrogens (tertiary/aromatic N) is 2. The van der Waals surface area contributed by atoms with Crippen LogP contribution in [-0.2, 0) is 6.42 Å². The van der Waals surface area contributed by atoms with Gasteiger partial charge in [0.05, 0.1) is 30.1 Å². The van der Waals surface area contributed by atoms with Gasteiger partial charge in [-0.25, -0.2) is 0 Å².